The Labute approximate surface area is 122 Å². The molecule has 114 valence electrons. The average molecular weight is 310 g/mol. The summed E-state index contributed by atoms with van der Waals surface area (Å²) in [6, 6.07) is 8.17. The highest BCUT2D eigenvalue weighted by Gasteiger charge is 2.33. The van der Waals surface area contributed by atoms with Gasteiger partial charge in [-0.15, -0.1) is 0 Å². The molecule has 1 aromatic heterocycles. The molecular weight excluding hydrogens is 300 g/mol. The van der Waals surface area contributed by atoms with E-state index in [1.807, 2.05) is 0 Å². The number of benzene rings is 2. The fourth-order valence-corrected chi connectivity index (χ4v) is 2.21. The van der Waals surface area contributed by atoms with E-state index in [1.165, 1.54) is 7.11 Å². The zero-order chi connectivity index (χ0) is 15.9. The highest BCUT2D eigenvalue weighted by molar-refractivity contribution is 5.80. The Bertz CT molecular complexity index is 806. The highest BCUT2D eigenvalue weighted by Crippen LogP contribution is 2.38. The molecule has 0 saturated carbocycles. The summed E-state index contributed by atoms with van der Waals surface area (Å²) >= 11 is 0. The van der Waals surface area contributed by atoms with Crippen LogP contribution in [0.15, 0.2) is 36.4 Å². The van der Waals surface area contributed by atoms with Crippen LogP contribution in [0, 0.1) is 5.82 Å². The molecule has 0 amide bonds. The maximum Gasteiger partial charge on any atom is 0.416 e. The van der Waals surface area contributed by atoms with Crippen LogP contribution in [0.3, 0.4) is 0 Å². The number of nitrogens with zero attached hydrogens (tertiary/aromatic N) is 1. The zero-order valence-electron chi connectivity index (χ0n) is 11.3. The van der Waals surface area contributed by atoms with Crippen molar-refractivity contribution in [2.45, 2.75) is 6.18 Å². The number of para-hydroxylation sites is 2. The molecule has 0 aliphatic heterocycles. The molecule has 0 aliphatic carbocycles. The first-order chi connectivity index (χ1) is 10.4. The number of nitrogens with one attached hydrogen (secondary N) is 1. The Morgan fingerprint density at radius 2 is 1.86 bits per heavy atom. The monoisotopic (exact) mass is 310 g/mol. The van der Waals surface area contributed by atoms with E-state index in [0.717, 1.165) is 6.07 Å². The number of aromatic nitrogens is 2. The summed E-state index contributed by atoms with van der Waals surface area (Å²) in [5.74, 6) is -1.17. The van der Waals surface area contributed by atoms with Crippen molar-refractivity contribution >= 4 is 11.0 Å². The Balaban J connectivity index is 2.21. The third-order valence-electron chi connectivity index (χ3n) is 3.23. The largest absolute Gasteiger partial charge is 0.496 e. The van der Waals surface area contributed by atoms with Gasteiger partial charge in [0.25, 0.3) is 0 Å². The number of imidazole rings is 1. The summed E-state index contributed by atoms with van der Waals surface area (Å²) < 4.78 is 57.3. The van der Waals surface area contributed by atoms with Crippen LogP contribution in [-0.4, -0.2) is 17.1 Å². The number of H-pyrrole nitrogens is 1. The summed E-state index contributed by atoms with van der Waals surface area (Å²) in [6.45, 7) is 0. The predicted octanol–water partition coefficient (Wildman–Crippen LogP) is 4.40. The maximum absolute atomic E-state index is 14.2. The highest BCUT2D eigenvalue weighted by atomic mass is 19.4. The van der Waals surface area contributed by atoms with Crippen molar-refractivity contribution in [1.82, 2.24) is 9.97 Å². The van der Waals surface area contributed by atoms with Gasteiger partial charge in [-0.25, -0.2) is 9.37 Å². The molecule has 0 unspecified atom stereocenters. The molecular formula is C15H10F4N2O. The molecule has 0 aliphatic rings. The first-order valence-corrected chi connectivity index (χ1v) is 6.30. The molecule has 0 saturated heterocycles. The number of hydrogen-bond donors (Lipinski definition) is 1. The van der Waals surface area contributed by atoms with E-state index in [-0.39, 0.29) is 17.1 Å². The second kappa shape index (κ2) is 5.01. The van der Waals surface area contributed by atoms with E-state index in [1.54, 1.807) is 24.3 Å². The number of fused-ring (bicyclic) bond motifs is 1. The molecule has 1 N–H and O–H groups in total. The van der Waals surface area contributed by atoms with Gasteiger partial charge in [0.15, 0.2) is 0 Å². The number of halogens is 4. The van der Waals surface area contributed by atoms with Gasteiger partial charge in [0.2, 0.25) is 0 Å². The summed E-state index contributed by atoms with van der Waals surface area (Å²) in [4.78, 5) is 7.06. The second-order valence-electron chi connectivity index (χ2n) is 4.64. The molecule has 3 nitrogen and oxygen atoms in total. The van der Waals surface area contributed by atoms with Crippen molar-refractivity contribution in [3.05, 3.63) is 47.8 Å². The minimum absolute atomic E-state index is 0.115. The van der Waals surface area contributed by atoms with Crippen LogP contribution in [0.25, 0.3) is 22.4 Å². The molecule has 0 atom stereocenters. The minimum atomic E-state index is -4.65. The van der Waals surface area contributed by atoms with Crippen LogP contribution in [-0.2, 0) is 6.18 Å². The first-order valence-electron chi connectivity index (χ1n) is 6.30. The molecule has 2 aromatic carbocycles. The van der Waals surface area contributed by atoms with Crippen LogP contribution in [0.5, 0.6) is 5.75 Å². The van der Waals surface area contributed by atoms with Crippen molar-refractivity contribution in [3.63, 3.8) is 0 Å². The quantitative estimate of drug-likeness (QED) is 0.713. The van der Waals surface area contributed by atoms with Crippen molar-refractivity contribution in [2.75, 3.05) is 7.11 Å². The van der Waals surface area contributed by atoms with E-state index < -0.39 is 17.6 Å². The summed E-state index contributed by atoms with van der Waals surface area (Å²) in [5.41, 5.74) is -0.00823. The number of hydrogen-bond acceptors (Lipinski definition) is 2. The smallest absolute Gasteiger partial charge is 0.416 e. The van der Waals surface area contributed by atoms with Gasteiger partial charge in [-0.05, 0) is 24.3 Å². The van der Waals surface area contributed by atoms with Gasteiger partial charge in [-0.1, -0.05) is 12.1 Å². The average Bonchev–Trinajstić information content (AvgIpc) is 2.88. The summed E-state index contributed by atoms with van der Waals surface area (Å²) in [7, 11) is 1.18. The SMILES string of the molecule is COc1cc(C(F)(F)F)cc(F)c1-c1nc2ccccc2[nH]1. The number of methoxy groups -OCH3 is 1. The lowest BCUT2D eigenvalue weighted by atomic mass is 10.1. The van der Waals surface area contributed by atoms with Gasteiger partial charge in [-0.2, -0.15) is 13.2 Å². The summed E-state index contributed by atoms with van der Waals surface area (Å²) in [6.07, 6.45) is -4.65. The van der Waals surface area contributed by atoms with Gasteiger partial charge in [0, 0.05) is 0 Å². The van der Waals surface area contributed by atoms with Crippen LogP contribution in [0.4, 0.5) is 17.6 Å². The normalized spacial score (nSPS) is 11.9. The fourth-order valence-electron chi connectivity index (χ4n) is 2.21. The maximum atomic E-state index is 14.2. The molecule has 22 heavy (non-hydrogen) atoms. The number of aromatic amines is 1. The van der Waals surface area contributed by atoms with Crippen LogP contribution in [0.1, 0.15) is 5.56 Å². The van der Waals surface area contributed by atoms with E-state index in [0.29, 0.717) is 17.1 Å². The van der Waals surface area contributed by atoms with Crippen molar-refractivity contribution < 1.29 is 22.3 Å². The molecule has 0 radical (unpaired) electrons. The van der Waals surface area contributed by atoms with Gasteiger partial charge >= 0.3 is 6.18 Å². The van der Waals surface area contributed by atoms with E-state index in [4.69, 9.17) is 4.74 Å². The van der Waals surface area contributed by atoms with Gasteiger partial charge in [0.1, 0.15) is 17.4 Å². The fraction of sp³-hybridized carbons (Fsp3) is 0.133. The van der Waals surface area contributed by atoms with Gasteiger partial charge in [0.05, 0.1) is 29.3 Å². The van der Waals surface area contributed by atoms with Crippen LogP contribution in [0.2, 0.25) is 0 Å². The predicted molar refractivity (Wildman–Crippen MR) is 73.0 cm³/mol. The van der Waals surface area contributed by atoms with Crippen molar-refractivity contribution in [1.29, 1.82) is 0 Å². The van der Waals surface area contributed by atoms with E-state index in [2.05, 4.69) is 9.97 Å². The second-order valence-corrected chi connectivity index (χ2v) is 4.64. The lowest BCUT2D eigenvalue weighted by molar-refractivity contribution is -0.137. The molecule has 0 fully saturated rings. The molecule has 1 heterocycles. The number of alkyl halides is 3. The van der Waals surface area contributed by atoms with Crippen molar-refractivity contribution in [2.24, 2.45) is 0 Å². The summed E-state index contributed by atoms with van der Waals surface area (Å²) in [5, 5.41) is 0. The molecule has 0 spiro atoms. The van der Waals surface area contributed by atoms with Gasteiger partial charge < -0.3 is 9.72 Å². The Kier molecular flexibility index (Phi) is 3.27. The number of ether oxygens (including phenoxy) is 1. The molecule has 0 bridgehead atoms. The first kappa shape index (κ1) is 14.4. The van der Waals surface area contributed by atoms with Crippen molar-refractivity contribution in [3.8, 4) is 17.1 Å². The van der Waals surface area contributed by atoms with Crippen LogP contribution >= 0.6 is 0 Å². The number of rotatable bonds is 2. The van der Waals surface area contributed by atoms with Crippen LogP contribution < -0.4 is 4.74 Å². The van der Waals surface area contributed by atoms with Gasteiger partial charge in [-0.3, -0.25) is 0 Å². The lowest BCUT2D eigenvalue weighted by Crippen LogP contribution is -2.07. The molecule has 3 aromatic rings. The zero-order valence-corrected chi connectivity index (χ0v) is 11.3. The Hall–Kier alpha value is -2.57. The molecule has 3 rings (SSSR count). The minimum Gasteiger partial charge on any atom is -0.496 e. The topological polar surface area (TPSA) is 37.9 Å². The lowest BCUT2D eigenvalue weighted by Gasteiger charge is -2.12. The third kappa shape index (κ3) is 2.38. The van der Waals surface area contributed by atoms with E-state index in [9.17, 15) is 17.6 Å². The Morgan fingerprint density at radius 3 is 2.50 bits per heavy atom. The Morgan fingerprint density at radius 1 is 1.14 bits per heavy atom. The third-order valence-corrected chi connectivity index (χ3v) is 3.23. The standard InChI is InChI=1S/C15H10F4N2O/c1-22-12-7-8(15(17,18)19)6-9(16)13(12)14-20-10-4-2-3-5-11(10)21-14/h2-7H,1H3,(H,20,21). The van der Waals surface area contributed by atoms with E-state index >= 15 is 0 Å². The molecule has 7 heteroatoms.